The molecule has 0 saturated carbocycles. The van der Waals surface area contributed by atoms with Gasteiger partial charge in [0.1, 0.15) is 5.76 Å². The number of hydrogen-bond acceptors (Lipinski definition) is 2. The molecule has 120 valence electrons. The zero-order valence-electron chi connectivity index (χ0n) is 13.2. The van der Waals surface area contributed by atoms with Crippen molar-refractivity contribution in [1.29, 1.82) is 0 Å². The number of halogens is 2. The van der Waals surface area contributed by atoms with Crippen LogP contribution in [-0.4, -0.2) is 9.97 Å². The highest BCUT2D eigenvalue weighted by Gasteiger charge is 2.14. The second-order valence-corrected chi connectivity index (χ2v) is 7.62. The van der Waals surface area contributed by atoms with Gasteiger partial charge in [-0.3, -0.25) is 0 Å². The van der Waals surface area contributed by atoms with E-state index in [1.54, 1.807) is 0 Å². The Kier molecular flexibility index (Phi) is 3.85. The van der Waals surface area contributed by atoms with Gasteiger partial charge < -0.3 is 9.40 Å². The number of H-pyrrole nitrogens is 1. The fourth-order valence-corrected chi connectivity index (χ4v) is 4.13. The van der Waals surface area contributed by atoms with Crippen molar-refractivity contribution in [2.24, 2.45) is 0 Å². The van der Waals surface area contributed by atoms with E-state index in [0.717, 1.165) is 48.5 Å². The highest BCUT2D eigenvalue weighted by atomic mass is 79.9. The molecule has 0 saturated heterocycles. The SMILES string of the molecule is Cc1cc(C)c2nc(-c3ccc(-c4ccc(Br)cc4Br)o3)[nH]c2c1. The summed E-state index contributed by atoms with van der Waals surface area (Å²) in [4.78, 5) is 8.06. The first-order valence-corrected chi connectivity index (χ1v) is 9.12. The lowest BCUT2D eigenvalue weighted by Gasteiger charge is -2.01. The van der Waals surface area contributed by atoms with Crippen molar-refractivity contribution in [2.75, 3.05) is 0 Å². The number of benzene rings is 2. The number of fused-ring (bicyclic) bond motifs is 1. The summed E-state index contributed by atoms with van der Waals surface area (Å²) >= 11 is 7.05. The standard InChI is InChI=1S/C19H14Br2N2O/c1-10-7-11(2)18-15(8-10)22-19(23-18)17-6-5-16(24-17)13-4-3-12(20)9-14(13)21/h3-9H,1-2H3,(H,22,23). The quantitative estimate of drug-likeness (QED) is 0.376. The average Bonchev–Trinajstić information content (AvgIpc) is 3.13. The lowest BCUT2D eigenvalue weighted by molar-refractivity contribution is 0.593. The number of aromatic amines is 1. The summed E-state index contributed by atoms with van der Waals surface area (Å²) in [5.74, 6) is 2.28. The summed E-state index contributed by atoms with van der Waals surface area (Å²) in [7, 11) is 0. The van der Waals surface area contributed by atoms with Crippen LogP contribution in [0, 0.1) is 13.8 Å². The molecule has 1 N–H and O–H groups in total. The highest BCUT2D eigenvalue weighted by molar-refractivity contribution is 9.11. The molecule has 0 fully saturated rings. The lowest BCUT2D eigenvalue weighted by Crippen LogP contribution is -1.79. The lowest BCUT2D eigenvalue weighted by atomic mass is 10.1. The molecule has 24 heavy (non-hydrogen) atoms. The smallest absolute Gasteiger partial charge is 0.174 e. The minimum Gasteiger partial charge on any atom is -0.453 e. The molecule has 0 amide bonds. The molecule has 0 bridgehead atoms. The maximum absolute atomic E-state index is 6.04. The summed E-state index contributed by atoms with van der Waals surface area (Å²) in [6.45, 7) is 4.16. The maximum Gasteiger partial charge on any atom is 0.174 e. The second kappa shape index (κ2) is 5.90. The zero-order chi connectivity index (χ0) is 16.8. The van der Waals surface area contributed by atoms with Crippen molar-refractivity contribution in [3.8, 4) is 22.9 Å². The van der Waals surface area contributed by atoms with Crippen LogP contribution in [0.25, 0.3) is 33.9 Å². The van der Waals surface area contributed by atoms with Gasteiger partial charge in [-0.05, 0) is 77.3 Å². The predicted octanol–water partition coefficient (Wildman–Crippen LogP) is 6.63. The van der Waals surface area contributed by atoms with Crippen LogP contribution in [0.3, 0.4) is 0 Å². The van der Waals surface area contributed by atoms with Gasteiger partial charge in [0.25, 0.3) is 0 Å². The Morgan fingerprint density at radius 3 is 2.54 bits per heavy atom. The normalized spacial score (nSPS) is 11.3. The highest BCUT2D eigenvalue weighted by Crippen LogP contribution is 2.34. The van der Waals surface area contributed by atoms with Crippen molar-refractivity contribution in [1.82, 2.24) is 9.97 Å². The number of imidazole rings is 1. The average molecular weight is 446 g/mol. The van der Waals surface area contributed by atoms with Gasteiger partial charge in [-0.25, -0.2) is 4.98 Å². The van der Waals surface area contributed by atoms with E-state index in [-0.39, 0.29) is 0 Å². The minimum absolute atomic E-state index is 0.730. The molecule has 0 radical (unpaired) electrons. The van der Waals surface area contributed by atoms with Gasteiger partial charge in [0.05, 0.1) is 11.0 Å². The van der Waals surface area contributed by atoms with Gasteiger partial charge in [-0.1, -0.05) is 22.0 Å². The molecule has 2 aromatic carbocycles. The maximum atomic E-state index is 6.04. The second-order valence-electron chi connectivity index (χ2n) is 5.85. The van der Waals surface area contributed by atoms with E-state index >= 15 is 0 Å². The fraction of sp³-hybridized carbons (Fsp3) is 0.105. The molecule has 5 heteroatoms. The fourth-order valence-electron chi connectivity index (χ4n) is 2.89. The Hall–Kier alpha value is -1.85. The number of furan rings is 1. The number of hydrogen-bond donors (Lipinski definition) is 1. The van der Waals surface area contributed by atoms with Gasteiger partial charge in [0, 0.05) is 14.5 Å². The molecule has 0 aliphatic carbocycles. The van der Waals surface area contributed by atoms with Gasteiger partial charge >= 0.3 is 0 Å². The molecule has 0 aliphatic rings. The van der Waals surface area contributed by atoms with E-state index in [9.17, 15) is 0 Å². The topological polar surface area (TPSA) is 41.8 Å². The molecular formula is C19H14Br2N2O. The van der Waals surface area contributed by atoms with Crippen LogP contribution in [-0.2, 0) is 0 Å². The van der Waals surface area contributed by atoms with Gasteiger partial charge in [-0.2, -0.15) is 0 Å². The predicted molar refractivity (Wildman–Crippen MR) is 104 cm³/mol. The first kappa shape index (κ1) is 15.7. The number of rotatable bonds is 2. The Morgan fingerprint density at radius 1 is 0.958 bits per heavy atom. The van der Waals surface area contributed by atoms with Gasteiger partial charge in [0.15, 0.2) is 11.6 Å². The van der Waals surface area contributed by atoms with Crippen LogP contribution >= 0.6 is 31.9 Å². The third-order valence-electron chi connectivity index (χ3n) is 3.96. The van der Waals surface area contributed by atoms with E-state index in [1.807, 2.05) is 30.3 Å². The van der Waals surface area contributed by atoms with Crippen LogP contribution in [0.4, 0.5) is 0 Å². The Bertz CT molecular complexity index is 1060. The molecule has 2 aromatic heterocycles. The van der Waals surface area contributed by atoms with E-state index in [4.69, 9.17) is 9.40 Å². The summed E-state index contributed by atoms with van der Waals surface area (Å²) < 4.78 is 8.04. The Labute approximate surface area is 156 Å². The van der Waals surface area contributed by atoms with Gasteiger partial charge in [0.2, 0.25) is 0 Å². The van der Waals surface area contributed by atoms with Crippen molar-refractivity contribution >= 4 is 42.9 Å². The van der Waals surface area contributed by atoms with Crippen molar-refractivity contribution in [3.05, 3.63) is 62.5 Å². The molecule has 0 aliphatic heterocycles. The number of nitrogens with one attached hydrogen (secondary N) is 1. The molecule has 0 spiro atoms. The van der Waals surface area contributed by atoms with E-state index < -0.39 is 0 Å². The number of nitrogens with zero attached hydrogens (tertiary/aromatic N) is 1. The molecule has 0 atom stereocenters. The van der Waals surface area contributed by atoms with Crippen LogP contribution in [0.2, 0.25) is 0 Å². The third kappa shape index (κ3) is 2.72. The van der Waals surface area contributed by atoms with Crippen LogP contribution < -0.4 is 0 Å². The summed E-state index contributed by atoms with van der Waals surface area (Å²) in [5, 5.41) is 0. The van der Waals surface area contributed by atoms with Crippen LogP contribution in [0.15, 0.2) is 55.8 Å². The molecule has 4 rings (SSSR count). The molecule has 4 aromatic rings. The first-order chi connectivity index (χ1) is 11.5. The van der Waals surface area contributed by atoms with Crippen molar-refractivity contribution in [2.45, 2.75) is 13.8 Å². The van der Waals surface area contributed by atoms with Gasteiger partial charge in [-0.15, -0.1) is 0 Å². The van der Waals surface area contributed by atoms with E-state index in [0.29, 0.717) is 0 Å². The van der Waals surface area contributed by atoms with Crippen LogP contribution in [0.1, 0.15) is 11.1 Å². The first-order valence-electron chi connectivity index (χ1n) is 7.54. The molecule has 0 unspecified atom stereocenters. The van der Waals surface area contributed by atoms with Crippen LogP contribution in [0.5, 0.6) is 0 Å². The zero-order valence-corrected chi connectivity index (χ0v) is 16.3. The Balaban J connectivity index is 1.79. The molecule has 2 heterocycles. The van der Waals surface area contributed by atoms with E-state index in [1.165, 1.54) is 5.56 Å². The molecule has 3 nitrogen and oxygen atoms in total. The third-order valence-corrected chi connectivity index (χ3v) is 5.11. The molecular weight excluding hydrogens is 432 g/mol. The number of aromatic nitrogens is 2. The van der Waals surface area contributed by atoms with Crippen molar-refractivity contribution in [3.63, 3.8) is 0 Å². The summed E-state index contributed by atoms with van der Waals surface area (Å²) in [5.41, 5.74) is 5.40. The monoisotopic (exact) mass is 444 g/mol. The van der Waals surface area contributed by atoms with E-state index in [2.05, 4.69) is 62.8 Å². The van der Waals surface area contributed by atoms with Crippen molar-refractivity contribution < 1.29 is 4.42 Å². The largest absolute Gasteiger partial charge is 0.453 e. The summed E-state index contributed by atoms with van der Waals surface area (Å²) in [6.07, 6.45) is 0. The number of aryl methyl sites for hydroxylation is 2. The summed E-state index contributed by atoms with van der Waals surface area (Å²) in [6, 6.07) is 14.2. The Morgan fingerprint density at radius 2 is 1.75 bits per heavy atom. The minimum atomic E-state index is 0.730.